The van der Waals surface area contributed by atoms with E-state index in [1.807, 2.05) is 42.5 Å². The molecule has 0 unspecified atom stereocenters. The number of carbonyl (C=O) groups is 2. The van der Waals surface area contributed by atoms with Gasteiger partial charge >= 0.3 is 0 Å². The molecule has 1 aliphatic rings. The lowest BCUT2D eigenvalue weighted by Gasteiger charge is -2.21. The van der Waals surface area contributed by atoms with E-state index in [0.717, 1.165) is 21.9 Å². The molecule has 122 valence electrons. The summed E-state index contributed by atoms with van der Waals surface area (Å²) in [6.45, 7) is 0. The van der Waals surface area contributed by atoms with Gasteiger partial charge in [0, 0.05) is 40.2 Å². The maximum Gasteiger partial charge on any atom is 0.195 e. The van der Waals surface area contributed by atoms with Crippen molar-refractivity contribution in [2.75, 3.05) is 0 Å². The zero-order valence-electron chi connectivity index (χ0n) is 13.8. The Morgan fingerprint density at radius 2 is 1.31 bits per heavy atom. The van der Waals surface area contributed by atoms with Crippen LogP contribution in [0.15, 0.2) is 79.1 Å². The Morgan fingerprint density at radius 1 is 0.615 bits per heavy atom. The first-order chi connectivity index (χ1) is 12.8. The summed E-state index contributed by atoms with van der Waals surface area (Å²) in [5.41, 5.74) is 3.74. The zero-order valence-corrected chi connectivity index (χ0v) is 13.8. The molecule has 0 fully saturated rings. The molecule has 3 aromatic carbocycles. The number of carbonyl (C=O) groups excluding carboxylic acids is 2. The fourth-order valence-electron chi connectivity index (χ4n) is 3.72. The third-order valence-electron chi connectivity index (χ3n) is 4.91. The molecular weight excluding hydrogens is 322 g/mol. The number of hydrogen-bond acceptors (Lipinski definition) is 3. The highest BCUT2D eigenvalue weighted by molar-refractivity contribution is 6.33. The van der Waals surface area contributed by atoms with E-state index >= 15 is 0 Å². The van der Waals surface area contributed by atoms with Crippen molar-refractivity contribution in [2.45, 2.75) is 0 Å². The molecular formula is C23H13NO2. The lowest BCUT2D eigenvalue weighted by atomic mass is 9.80. The minimum Gasteiger partial charge on any atom is -0.289 e. The van der Waals surface area contributed by atoms with Gasteiger partial charge in [-0.3, -0.25) is 14.6 Å². The van der Waals surface area contributed by atoms with Crippen LogP contribution in [-0.4, -0.2) is 16.6 Å². The average molecular weight is 335 g/mol. The molecule has 0 saturated heterocycles. The average Bonchev–Trinajstić information content (AvgIpc) is 2.71. The van der Waals surface area contributed by atoms with Gasteiger partial charge in [-0.1, -0.05) is 54.6 Å². The Bertz CT molecular complexity index is 1210. The fraction of sp³-hybridized carbons (Fsp3) is 0. The van der Waals surface area contributed by atoms with E-state index in [-0.39, 0.29) is 11.6 Å². The monoisotopic (exact) mass is 335 g/mol. The fourth-order valence-corrected chi connectivity index (χ4v) is 3.72. The maximum absolute atomic E-state index is 13.2. The molecule has 3 heteroatoms. The maximum atomic E-state index is 13.2. The van der Waals surface area contributed by atoms with E-state index in [9.17, 15) is 9.59 Å². The minimum absolute atomic E-state index is 0.0934. The summed E-state index contributed by atoms with van der Waals surface area (Å²) in [6, 6.07) is 20.4. The number of benzene rings is 3. The highest BCUT2D eigenvalue weighted by atomic mass is 16.1. The Morgan fingerprint density at radius 3 is 2.04 bits per heavy atom. The topological polar surface area (TPSA) is 47.0 Å². The van der Waals surface area contributed by atoms with Crippen LogP contribution < -0.4 is 0 Å². The SMILES string of the molecule is O=C1c2ccccc2C(=O)c2c1cc(-c1cccnc1)c1ccccc21. The molecule has 0 atom stereocenters. The van der Waals surface area contributed by atoms with Gasteiger partial charge in [0.2, 0.25) is 0 Å². The van der Waals surface area contributed by atoms with E-state index in [4.69, 9.17) is 0 Å². The predicted octanol–water partition coefficient (Wildman–Crippen LogP) is 4.68. The predicted molar refractivity (Wildman–Crippen MR) is 100 cm³/mol. The van der Waals surface area contributed by atoms with E-state index in [2.05, 4.69) is 4.98 Å². The van der Waals surface area contributed by atoms with Crippen LogP contribution >= 0.6 is 0 Å². The largest absolute Gasteiger partial charge is 0.289 e. The standard InChI is InChI=1S/C23H13NO2/c25-22-17-9-3-4-10-18(17)23(26)21-16-8-2-1-7-15(16)19(12-20(21)22)14-6-5-11-24-13-14/h1-13H. The number of fused-ring (bicyclic) bond motifs is 4. The van der Waals surface area contributed by atoms with E-state index in [1.54, 1.807) is 36.7 Å². The smallest absolute Gasteiger partial charge is 0.195 e. The van der Waals surface area contributed by atoms with Crippen LogP contribution in [0, 0.1) is 0 Å². The van der Waals surface area contributed by atoms with Crippen LogP contribution in [0.1, 0.15) is 31.8 Å². The van der Waals surface area contributed by atoms with Crippen LogP contribution in [-0.2, 0) is 0 Å². The Hall–Kier alpha value is -3.59. The van der Waals surface area contributed by atoms with E-state index in [1.165, 1.54) is 0 Å². The molecule has 0 aliphatic heterocycles. The van der Waals surface area contributed by atoms with Crippen molar-refractivity contribution in [3.05, 3.63) is 101 Å². The first kappa shape index (κ1) is 14.7. The molecule has 0 radical (unpaired) electrons. The number of rotatable bonds is 1. The van der Waals surface area contributed by atoms with Crippen molar-refractivity contribution in [3.8, 4) is 11.1 Å². The molecule has 0 spiro atoms. The van der Waals surface area contributed by atoms with E-state index in [0.29, 0.717) is 22.3 Å². The molecule has 0 bridgehead atoms. The van der Waals surface area contributed by atoms with Gasteiger partial charge < -0.3 is 0 Å². The lowest BCUT2D eigenvalue weighted by molar-refractivity contribution is 0.0980. The summed E-state index contributed by atoms with van der Waals surface area (Å²) >= 11 is 0. The van der Waals surface area contributed by atoms with Crippen molar-refractivity contribution in [1.82, 2.24) is 4.98 Å². The number of hydrogen-bond donors (Lipinski definition) is 0. The molecule has 1 heterocycles. The first-order valence-corrected chi connectivity index (χ1v) is 8.40. The van der Waals surface area contributed by atoms with Crippen molar-refractivity contribution in [1.29, 1.82) is 0 Å². The van der Waals surface area contributed by atoms with Gasteiger partial charge in [-0.05, 0) is 28.5 Å². The highest BCUT2D eigenvalue weighted by Gasteiger charge is 2.31. The summed E-state index contributed by atoms with van der Waals surface area (Å²) in [7, 11) is 0. The van der Waals surface area contributed by atoms with Crippen molar-refractivity contribution in [2.24, 2.45) is 0 Å². The van der Waals surface area contributed by atoms with Gasteiger partial charge in [0.25, 0.3) is 0 Å². The summed E-state index contributed by atoms with van der Waals surface area (Å²) in [4.78, 5) is 30.5. The summed E-state index contributed by atoms with van der Waals surface area (Å²) in [6.07, 6.45) is 3.49. The quantitative estimate of drug-likeness (QED) is 0.447. The van der Waals surface area contributed by atoms with Crippen LogP contribution in [0.5, 0.6) is 0 Å². The van der Waals surface area contributed by atoms with Gasteiger partial charge in [0.1, 0.15) is 0 Å². The molecule has 26 heavy (non-hydrogen) atoms. The van der Waals surface area contributed by atoms with Crippen molar-refractivity contribution in [3.63, 3.8) is 0 Å². The number of ketones is 2. The Kier molecular flexibility index (Phi) is 3.09. The van der Waals surface area contributed by atoms with Gasteiger partial charge in [-0.15, -0.1) is 0 Å². The van der Waals surface area contributed by atoms with E-state index < -0.39 is 0 Å². The third-order valence-corrected chi connectivity index (χ3v) is 4.91. The molecule has 0 N–H and O–H groups in total. The number of aromatic nitrogens is 1. The third kappa shape index (κ3) is 1.97. The van der Waals surface area contributed by atoms with Crippen LogP contribution in [0.3, 0.4) is 0 Å². The van der Waals surface area contributed by atoms with Crippen molar-refractivity contribution >= 4 is 22.3 Å². The Balaban J connectivity index is 1.91. The molecule has 0 saturated carbocycles. The molecule has 1 aliphatic carbocycles. The van der Waals surface area contributed by atoms with Gasteiger partial charge in [-0.2, -0.15) is 0 Å². The zero-order chi connectivity index (χ0) is 17.7. The normalized spacial score (nSPS) is 12.8. The molecule has 0 amide bonds. The number of nitrogens with zero attached hydrogens (tertiary/aromatic N) is 1. The second kappa shape index (κ2) is 5.46. The lowest BCUT2D eigenvalue weighted by Crippen LogP contribution is -2.21. The molecule has 3 nitrogen and oxygen atoms in total. The van der Waals surface area contributed by atoms with Crippen LogP contribution in [0.25, 0.3) is 21.9 Å². The van der Waals surface area contributed by atoms with Crippen molar-refractivity contribution < 1.29 is 9.59 Å². The second-order valence-corrected chi connectivity index (χ2v) is 6.34. The minimum atomic E-state index is -0.105. The number of pyridine rings is 1. The highest BCUT2D eigenvalue weighted by Crippen LogP contribution is 2.37. The van der Waals surface area contributed by atoms with Gasteiger partial charge in [0.05, 0.1) is 0 Å². The summed E-state index contributed by atoms with van der Waals surface area (Å²) < 4.78 is 0. The summed E-state index contributed by atoms with van der Waals surface area (Å²) in [5, 5.41) is 1.75. The second-order valence-electron chi connectivity index (χ2n) is 6.34. The molecule has 4 aromatic rings. The molecule has 1 aromatic heterocycles. The summed E-state index contributed by atoms with van der Waals surface area (Å²) in [5.74, 6) is -0.199. The van der Waals surface area contributed by atoms with Gasteiger partial charge in [-0.25, -0.2) is 0 Å². The Labute approximate surface area is 149 Å². The van der Waals surface area contributed by atoms with Crippen LogP contribution in [0.4, 0.5) is 0 Å². The first-order valence-electron chi connectivity index (χ1n) is 8.40. The molecule has 5 rings (SSSR count). The van der Waals surface area contributed by atoms with Gasteiger partial charge in [0.15, 0.2) is 11.6 Å². The van der Waals surface area contributed by atoms with Crippen LogP contribution in [0.2, 0.25) is 0 Å².